The van der Waals surface area contributed by atoms with Crippen molar-refractivity contribution in [2.45, 2.75) is 103 Å². The molecule has 0 unspecified atom stereocenters. The first-order valence-corrected chi connectivity index (χ1v) is 14.7. The molecule has 36 heavy (non-hydrogen) atoms. The van der Waals surface area contributed by atoms with E-state index in [1.807, 2.05) is 6.92 Å². The van der Waals surface area contributed by atoms with Gasteiger partial charge in [-0.15, -0.1) is 0 Å². The van der Waals surface area contributed by atoms with Crippen molar-refractivity contribution in [1.82, 2.24) is 10.9 Å². The number of fused-ring (bicyclic) bond motifs is 5. The van der Waals surface area contributed by atoms with Crippen molar-refractivity contribution >= 4 is 5.78 Å². The number of nitrogens with one attached hydrogen (secondary N) is 2. The maximum atomic E-state index is 13.5. The quantitative estimate of drug-likeness (QED) is 0.275. The second-order valence-electron chi connectivity index (χ2n) is 13.4. The lowest BCUT2D eigenvalue weighted by molar-refractivity contribution is -0.171. The standard InChI is InChI=1S/C30H49N3O3/c1-28(36)15-16-30(19-34)20(17-28)9-10-21-22-11-12-24(29(22,2)14-13-23(21)30)27(35)18-32-33-26-8-6-4-3-5-7-25(26)31/h3,5,20-24,32-34,36H,4,6-19,31H2,1-2H3/b5-3-,26-25+/t20-,21-,22-,23-,24+,28+,29-,30+/m0/s1. The molecule has 4 fully saturated rings. The highest BCUT2D eigenvalue weighted by atomic mass is 16.3. The molecule has 5 aliphatic carbocycles. The van der Waals surface area contributed by atoms with Gasteiger partial charge in [0.15, 0.2) is 5.78 Å². The minimum atomic E-state index is -0.585. The van der Waals surface area contributed by atoms with Gasteiger partial charge in [-0.1, -0.05) is 19.1 Å². The normalized spacial score (nSPS) is 47.6. The van der Waals surface area contributed by atoms with Crippen LogP contribution in [0.4, 0.5) is 0 Å². The maximum Gasteiger partial charge on any atom is 0.152 e. The molecule has 6 N–H and O–H groups in total. The van der Waals surface area contributed by atoms with E-state index in [4.69, 9.17) is 5.73 Å². The Bertz CT molecular complexity index is 898. The minimum Gasteiger partial charge on any atom is -0.400 e. The predicted molar refractivity (Wildman–Crippen MR) is 142 cm³/mol. The van der Waals surface area contributed by atoms with Crippen LogP contribution in [-0.2, 0) is 4.79 Å². The van der Waals surface area contributed by atoms with Crippen LogP contribution in [0.5, 0.6) is 0 Å². The number of hydrogen-bond donors (Lipinski definition) is 5. The molecule has 0 radical (unpaired) electrons. The molecule has 0 spiro atoms. The molecule has 6 heteroatoms. The number of hydrazine groups is 1. The fourth-order valence-corrected chi connectivity index (χ4v) is 9.58. The summed E-state index contributed by atoms with van der Waals surface area (Å²) in [7, 11) is 0. The smallest absolute Gasteiger partial charge is 0.152 e. The van der Waals surface area contributed by atoms with Crippen molar-refractivity contribution in [3.8, 4) is 0 Å². The molecule has 202 valence electrons. The van der Waals surface area contributed by atoms with E-state index in [2.05, 4.69) is 29.9 Å². The van der Waals surface area contributed by atoms with Gasteiger partial charge in [-0.3, -0.25) is 4.79 Å². The fraction of sp³-hybridized carbons (Fsp3) is 0.833. The molecular formula is C30H49N3O3. The van der Waals surface area contributed by atoms with Crippen LogP contribution in [0.15, 0.2) is 23.5 Å². The highest BCUT2D eigenvalue weighted by Gasteiger charge is 2.62. The summed E-state index contributed by atoms with van der Waals surface area (Å²) < 4.78 is 0. The minimum absolute atomic E-state index is 0.0273. The van der Waals surface area contributed by atoms with Gasteiger partial charge in [-0.05, 0) is 118 Å². The van der Waals surface area contributed by atoms with Gasteiger partial charge in [0.2, 0.25) is 0 Å². The van der Waals surface area contributed by atoms with Gasteiger partial charge < -0.3 is 21.4 Å². The molecule has 0 aromatic carbocycles. The van der Waals surface area contributed by atoms with Gasteiger partial charge in [-0.2, -0.15) is 0 Å². The summed E-state index contributed by atoms with van der Waals surface area (Å²) in [4.78, 5) is 13.5. The van der Waals surface area contributed by atoms with Gasteiger partial charge in [0.05, 0.1) is 12.1 Å². The van der Waals surface area contributed by atoms with Gasteiger partial charge in [0, 0.05) is 30.3 Å². The lowest BCUT2D eigenvalue weighted by atomic mass is 9.43. The summed E-state index contributed by atoms with van der Waals surface area (Å²) in [5, 5.41) is 21.5. The van der Waals surface area contributed by atoms with Crippen molar-refractivity contribution in [2.24, 2.45) is 46.2 Å². The first-order valence-electron chi connectivity index (χ1n) is 14.7. The van der Waals surface area contributed by atoms with Crippen LogP contribution in [0.2, 0.25) is 0 Å². The van der Waals surface area contributed by atoms with Crippen LogP contribution < -0.4 is 16.6 Å². The monoisotopic (exact) mass is 499 g/mol. The van der Waals surface area contributed by atoms with E-state index in [0.717, 1.165) is 88.4 Å². The van der Waals surface area contributed by atoms with Crippen molar-refractivity contribution in [2.75, 3.05) is 13.2 Å². The van der Waals surface area contributed by atoms with Gasteiger partial charge in [0.25, 0.3) is 0 Å². The maximum absolute atomic E-state index is 13.5. The largest absolute Gasteiger partial charge is 0.400 e. The number of rotatable bonds is 6. The van der Waals surface area contributed by atoms with Crippen LogP contribution in [0.3, 0.4) is 0 Å². The number of ketones is 1. The van der Waals surface area contributed by atoms with E-state index in [0.29, 0.717) is 36.0 Å². The average Bonchev–Trinajstić information content (AvgIpc) is 3.20. The Hall–Kier alpha value is -1.37. The summed E-state index contributed by atoms with van der Waals surface area (Å²) in [5.74, 6) is 2.57. The Morgan fingerprint density at radius 3 is 2.72 bits per heavy atom. The lowest BCUT2D eigenvalue weighted by Crippen LogP contribution is -2.58. The Morgan fingerprint density at radius 1 is 1.08 bits per heavy atom. The third kappa shape index (κ3) is 4.56. The third-order valence-electron chi connectivity index (χ3n) is 11.5. The van der Waals surface area contributed by atoms with Crippen LogP contribution in [0.25, 0.3) is 0 Å². The number of aliphatic hydroxyl groups is 2. The van der Waals surface area contributed by atoms with E-state index in [-0.39, 0.29) is 23.4 Å². The molecule has 0 heterocycles. The molecule has 6 nitrogen and oxygen atoms in total. The van der Waals surface area contributed by atoms with Gasteiger partial charge in [0.1, 0.15) is 0 Å². The Labute approximate surface area is 217 Å². The highest BCUT2D eigenvalue weighted by Crippen LogP contribution is 2.68. The van der Waals surface area contributed by atoms with E-state index in [9.17, 15) is 15.0 Å². The topological polar surface area (TPSA) is 108 Å². The number of carbonyl (C=O) groups excluding carboxylic acids is 1. The van der Waals surface area contributed by atoms with E-state index < -0.39 is 5.60 Å². The first-order chi connectivity index (χ1) is 17.2. The van der Waals surface area contributed by atoms with Crippen LogP contribution >= 0.6 is 0 Å². The number of nitrogens with two attached hydrogens (primary N) is 1. The molecule has 0 aliphatic heterocycles. The zero-order valence-corrected chi connectivity index (χ0v) is 22.5. The summed E-state index contributed by atoms with van der Waals surface area (Å²) in [6, 6.07) is 0. The van der Waals surface area contributed by atoms with Gasteiger partial charge >= 0.3 is 0 Å². The van der Waals surface area contributed by atoms with Crippen molar-refractivity contribution < 1.29 is 15.0 Å². The van der Waals surface area contributed by atoms with Crippen molar-refractivity contribution in [1.29, 1.82) is 0 Å². The second kappa shape index (κ2) is 10.1. The predicted octanol–water partition coefficient (Wildman–Crippen LogP) is 4.33. The summed E-state index contributed by atoms with van der Waals surface area (Å²) in [5.41, 5.74) is 14.1. The fourth-order valence-electron chi connectivity index (χ4n) is 9.58. The molecule has 0 aromatic rings. The van der Waals surface area contributed by atoms with Crippen LogP contribution in [0, 0.1) is 40.4 Å². The van der Waals surface area contributed by atoms with E-state index >= 15 is 0 Å². The van der Waals surface area contributed by atoms with Crippen LogP contribution in [0.1, 0.15) is 97.3 Å². The first kappa shape index (κ1) is 26.2. The van der Waals surface area contributed by atoms with E-state index in [1.54, 1.807) is 0 Å². The molecular weight excluding hydrogens is 450 g/mol. The molecule has 8 atom stereocenters. The molecule has 0 amide bonds. The third-order valence-corrected chi connectivity index (χ3v) is 11.5. The van der Waals surface area contributed by atoms with Gasteiger partial charge in [-0.25, -0.2) is 5.43 Å². The molecule has 5 aliphatic rings. The molecule has 0 bridgehead atoms. The number of aliphatic hydroxyl groups excluding tert-OH is 1. The summed E-state index contributed by atoms with van der Waals surface area (Å²) in [6.07, 6.45) is 17.3. The average molecular weight is 500 g/mol. The van der Waals surface area contributed by atoms with Crippen molar-refractivity contribution in [3.63, 3.8) is 0 Å². The molecule has 4 saturated carbocycles. The SMILES string of the molecule is C[C@@]1(O)CC[C@@]2(CO)[C@@H](CC[C@H]3[C@@H]4CC[C@H](C(=O)CNN/C5=C(/N)C/C=C\CCC5)[C@@]4(C)CC[C@@H]32)C1. The summed E-state index contributed by atoms with van der Waals surface area (Å²) in [6.45, 7) is 4.96. The molecule has 0 aromatic heterocycles. The number of Topliss-reactive ketones (excluding diaryl/α,β-unsaturated/α-hetero) is 1. The molecule has 0 saturated heterocycles. The Kier molecular flexibility index (Phi) is 7.34. The highest BCUT2D eigenvalue weighted by molar-refractivity contribution is 5.84. The number of allylic oxidation sites excluding steroid dienone is 3. The van der Waals surface area contributed by atoms with E-state index in [1.165, 1.54) is 6.42 Å². The molecule has 5 rings (SSSR count). The number of hydrogen-bond acceptors (Lipinski definition) is 6. The second-order valence-corrected chi connectivity index (χ2v) is 13.4. The van der Waals surface area contributed by atoms with Crippen molar-refractivity contribution in [3.05, 3.63) is 23.5 Å². The Balaban J connectivity index is 1.24. The Morgan fingerprint density at radius 2 is 1.92 bits per heavy atom. The lowest BCUT2D eigenvalue weighted by Gasteiger charge is -2.62. The zero-order valence-electron chi connectivity index (χ0n) is 22.5. The zero-order chi connectivity index (χ0) is 25.6. The number of carbonyl (C=O) groups is 1. The van der Waals surface area contributed by atoms with Crippen LogP contribution in [-0.4, -0.2) is 34.7 Å². The summed E-state index contributed by atoms with van der Waals surface area (Å²) >= 11 is 0.